The number of carbonyl (C=O) groups excluding carboxylic acids is 1. The summed E-state index contributed by atoms with van der Waals surface area (Å²) in [6, 6.07) is 5.80. The molecule has 1 aromatic heterocycles. The average Bonchev–Trinajstić information content (AvgIpc) is 2.89. The summed E-state index contributed by atoms with van der Waals surface area (Å²) in [7, 11) is 1.83. The largest absolute Gasteiger partial charge is 0.349 e. The minimum absolute atomic E-state index is 0.00425. The molecular formula is C17H25N5O. The maximum atomic E-state index is 12.5. The number of aromatic nitrogens is 3. The molecule has 1 aromatic carbocycles. The van der Waals surface area contributed by atoms with E-state index >= 15 is 0 Å². The van der Waals surface area contributed by atoms with E-state index in [1.165, 1.54) is 0 Å². The van der Waals surface area contributed by atoms with E-state index in [1.54, 1.807) is 4.68 Å². The zero-order valence-corrected chi connectivity index (χ0v) is 14.1. The Morgan fingerprint density at radius 2 is 2.09 bits per heavy atom. The van der Waals surface area contributed by atoms with Gasteiger partial charge in [0.2, 0.25) is 0 Å². The van der Waals surface area contributed by atoms with Crippen LogP contribution >= 0.6 is 0 Å². The summed E-state index contributed by atoms with van der Waals surface area (Å²) in [5.41, 5.74) is 2.36. The normalized spacial score (nSPS) is 17.0. The highest BCUT2D eigenvalue weighted by Gasteiger charge is 2.21. The Morgan fingerprint density at radius 1 is 1.35 bits per heavy atom. The van der Waals surface area contributed by atoms with Gasteiger partial charge in [-0.25, -0.2) is 4.68 Å². The summed E-state index contributed by atoms with van der Waals surface area (Å²) in [6.45, 7) is 7.76. The van der Waals surface area contributed by atoms with Crippen molar-refractivity contribution in [2.24, 2.45) is 13.0 Å². The molecule has 1 fully saturated rings. The van der Waals surface area contributed by atoms with Crippen molar-refractivity contribution in [1.82, 2.24) is 25.2 Å². The summed E-state index contributed by atoms with van der Waals surface area (Å²) >= 11 is 0. The minimum Gasteiger partial charge on any atom is -0.349 e. The van der Waals surface area contributed by atoms with Gasteiger partial charge in [-0.05, 0) is 37.0 Å². The van der Waals surface area contributed by atoms with E-state index in [2.05, 4.69) is 34.4 Å². The molecule has 0 spiro atoms. The monoisotopic (exact) mass is 315 g/mol. The van der Waals surface area contributed by atoms with Gasteiger partial charge < -0.3 is 10.2 Å². The Labute approximate surface area is 136 Å². The van der Waals surface area contributed by atoms with E-state index in [0.717, 1.165) is 43.5 Å². The molecule has 23 heavy (non-hydrogen) atoms. The maximum absolute atomic E-state index is 12.5. The van der Waals surface area contributed by atoms with Crippen LogP contribution in [0.3, 0.4) is 0 Å². The average molecular weight is 315 g/mol. The lowest BCUT2D eigenvalue weighted by molar-refractivity contribution is 0.0907. The van der Waals surface area contributed by atoms with E-state index in [4.69, 9.17) is 0 Å². The molecule has 0 radical (unpaired) electrons. The van der Waals surface area contributed by atoms with Gasteiger partial charge in [-0.2, -0.15) is 0 Å². The van der Waals surface area contributed by atoms with Crippen LogP contribution in [0.2, 0.25) is 0 Å². The van der Waals surface area contributed by atoms with Crippen LogP contribution in [0.15, 0.2) is 18.2 Å². The smallest absolute Gasteiger partial charge is 0.251 e. The fourth-order valence-corrected chi connectivity index (χ4v) is 3.22. The molecule has 0 aliphatic carbocycles. The van der Waals surface area contributed by atoms with Crippen LogP contribution in [0.25, 0.3) is 11.0 Å². The number of likely N-dealkylation sites (tertiary alicyclic amines) is 1. The van der Waals surface area contributed by atoms with Gasteiger partial charge in [0.1, 0.15) is 5.52 Å². The minimum atomic E-state index is -0.00425. The number of nitrogens with zero attached hydrogens (tertiary/aromatic N) is 4. The number of piperidine rings is 1. The topological polar surface area (TPSA) is 63.1 Å². The number of nitrogens with one attached hydrogen (secondary N) is 1. The van der Waals surface area contributed by atoms with Crippen LogP contribution in [0.4, 0.5) is 0 Å². The van der Waals surface area contributed by atoms with Gasteiger partial charge in [0, 0.05) is 38.3 Å². The van der Waals surface area contributed by atoms with Gasteiger partial charge in [0.05, 0.1) is 5.52 Å². The molecular weight excluding hydrogens is 290 g/mol. The molecule has 3 rings (SSSR count). The fraction of sp³-hybridized carbons (Fsp3) is 0.588. The molecule has 6 heteroatoms. The molecule has 2 aromatic rings. The molecule has 1 saturated heterocycles. The second-order valence-electron chi connectivity index (χ2n) is 6.86. The van der Waals surface area contributed by atoms with E-state index in [1.807, 2.05) is 25.2 Å². The van der Waals surface area contributed by atoms with Crippen molar-refractivity contribution in [3.8, 4) is 0 Å². The van der Waals surface area contributed by atoms with Gasteiger partial charge in [-0.1, -0.05) is 19.1 Å². The molecule has 1 aliphatic rings. The van der Waals surface area contributed by atoms with E-state index < -0.39 is 0 Å². The second kappa shape index (κ2) is 6.66. The summed E-state index contributed by atoms with van der Waals surface area (Å²) in [4.78, 5) is 15.0. The first-order valence-electron chi connectivity index (χ1n) is 8.35. The zero-order chi connectivity index (χ0) is 16.4. The third-order valence-corrected chi connectivity index (χ3v) is 4.42. The van der Waals surface area contributed by atoms with Gasteiger partial charge >= 0.3 is 0 Å². The third kappa shape index (κ3) is 3.69. The molecule has 0 atom stereocenters. The van der Waals surface area contributed by atoms with Crippen molar-refractivity contribution in [3.05, 3.63) is 23.8 Å². The van der Waals surface area contributed by atoms with Crippen molar-refractivity contribution in [2.45, 2.75) is 32.7 Å². The zero-order valence-electron chi connectivity index (χ0n) is 14.1. The highest BCUT2D eigenvalue weighted by molar-refractivity contribution is 5.97. The number of carbonyl (C=O) groups is 1. The Hall–Kier alpha value is -1.95. The first-order chi connectivity index (χ1) is 11.0. The number of hydrogen-bond acceptors (Lipinski definition) is 4. The van der Waals surface area contributed by atoms with E-state index in [9.17, 15) is 4.79 Å². The highest BCUT2D eigenvalue weighted by Crippen LogP contribution is 2.15. The lowest BCUT2D eigenvalue weighted by atomic mass is 10.0. The Morgan fingerprint density at radius 3 is 2.78 bits per heavy atom. The maximum Gasteiger partial charge on any atom is 0.251 e. The highest BCUT2D eigenvalue weighted by atomic mass is 16.1. The van der Waals surface area contributed by atoms with Crippen molar-refractivity contribution in [1.29, 1.82) is 0 Å². The number of amides is 1. The number of fused-ring (bicyclic) bond motifs is 1. The third-order valence-electron chi connectivity index (χ3n) is 4.42. The molecule has 124 valence electrons. The van der Waals surface area contributed by atoms with Gasteiger partial charge in [-0.3, -0.25) is 4.79 Å². The molecule has 1 aliphatic heterocycles. The molecule has 0 bridgehead atoms. The molecule has 6 nitrogen and oxygen atoms in total. The predicted molar refractivity (Wildman–Crippen MR) is 90.3 cm³/mol. The lowest BCUT2D eigenvalue weighted by Gasteiger charge is -2.33. The van der Waals surface area contributed by atoms with Crippen LogP contribution in [-0.2, 0) is 7.05 Å². The molecule has 1 N–H and O–H groups in total. The lowest BCUT2D eigenvalue weighted by Crippen LogP contribution is -2.45. The van der Waals surface area contributed by atoms with Crippen molar-refractivity contribution < 1.29 is 4.79 Å². The van der Waals surface area contributed by atoms with Crippen molar-refractivity contribution in [3.63, 3.8) is 0 Å². The van der Waals surface area contributed by atoms with E-state index in [-0.39, 0.29) is 11.9 Å². The van der Waals surface area contributed by atoms with E-state index in [0.29, 0.717) is 11.5 Å². The second-order valence-corrected chi connectivity index (χ2v) is 6.86. The summed E-state index contributed by atoms with van der Waals surface area (Å²) in [5, 5.41) is 11.2. The Bertz CT molecular complexity index is 685. The SMILES string of the molecule is CC(C)CN1CCC(NC(=O)c2ccc3nnn(C)c3c2)CC1. The number of aryl methyl sites for hydroxylation is 1. The Kier molecular flexibility index (Phi) is 4.61. The van der Waals surface area contributed by atoms with Crippen LogP contribution in [0, 0.1) is 5.92 Å². The van der Waals surface area contributed by atoms with Crippen LogP contribution in [0.5, 0.6) is 0 Å². The number of hydrogen-bond donors (Lipinski definition) is 1. The van der Waals surface area contributed by atoms with Gasteiger partial charge in [0.15, 0.2) is 0 Å². The van der Waals surface area contributed by atoms with Crippen molar-refractivity contribution in [2.75, 3.05) is 19.6 Å². The standard InChI is InChI=1S/C17H25N5O/c1-12(2)11-22-8-6-14(7-9-22)18-17(23)13-4-5-15-16(10-13)21(3)20-19-15/h4-5,10,12,14H,6-9,11H2,1-3H3,(H,18,23). The van der Waals surface area contributed by atoms with Crippen LogP contribution in [0.1, 0.15) is 37.0 Å². The predicted octanol–water partition coefficient (Wildman–Crippen LogP) is 1.82. The molecule has 2 heterocycles. The fourth-order valence-electron chi connectivity index (χ4n) is 3.22. The van der Waals surface area contributed by atoms with Gasteiger partial charge in [0.25, 0.3) is 5.91 Å². The molecule has 0 unspecified atom stereocenters. The first kappa shape index (κ1) is 15.9. The molecule has 0 saturated carbocycles. The van der Waals surface area contributed by atoms with Crippen LogP contribution in [-0.4, -0.2) is 51.5 Å². The molecule has 1 amide bonds. The van der Waals surface area contributed by atoms with Crippen molar-refractivity contribution >= 4 is 16.9 Å². The quantitative estimate of drug-likeness (QED) is 0.935. The summed E-state index contributed by atoms with van der Waals surface area (Å²) < 4.78 is 1.69. The summed E-state index contributed by atoms with van der Waals surface area (Å²) in [6.07, 6.45) is 2.04. The van der Waals surface area contributed by atoms with Crippen LogP contribution < -0.4 is 5.32 Å². The summed E-state index contributed by atoms with van der Waals surface area (Å²) in [5.74, 6) is 0.691. The number of rotatable bonds is 4. The Balaban J connectivity index is 1.59. The first-order valence-corrected chi connectivity index (χ1v) is 8.35. The van der Waals surface area contributed by atoms with Gasteiger partial charge in [-0.15, -0.1) is 5.10 Å². The number of benzene rings is 1.